The Morgan fingerprint density at radius 1 is 1.50 bits per heavy atom. The number of nitrogens with one attached hydrogen (secondary N) is 1. The lowest BCUT2D eigenvalue weighted by molar-refractivity contribution is -0.117. The highest BCUT2D eigenvalue weighted by molar-refractivity contribution is 5.87. The number of hydrogen-bond donors (Lipinski definition) is 1. The minimum atomic E-state index is 0.0257. The number of carbonyl (C=O) groups excluding carboxylic acids is 1. The second-order valence-corrected chi connectivity index (χ2v) is 3.01. The summed E-state index contributed by atoms with van der Waals surface area (Å²) in [5.41, 5.74) is 0. The first kappa shape index (κ1) is 11.2. The molecule has 0 saturated carbocycles. The lowest BCUT2D eigenvalue weighted by Gasteiger charge is -2.08. The molecule has 0 rings (SSSR count). The van der Waals surface area contributed by atoms with Crippen molar-refractivity contribution in [1.29, 1.82) is 0 Å². The lowest BCUT2D eigenvalue weighted by Crippen LogP contribution is -2.30. The zero-order chi connectivity index (χ0) is 9.40. The highest BCUT2D eigenvalue weighted by Gasteiger charge is 1.99. The van der Waals surface area contributed by atoms with Gasteiger partial charge in [-0.1, -0.05) is 26.3 Å². The zero-order valence-electron chi connectivity index (χ0n) is 8.26. The standard InChI is InChI=1S/C10H19NO/c1-4-6-7-8-10(12)11-9(3)5-2/h7-9H,4-6H2,1-3H3,(H,11,12)/b8-7+. The van der Waals surface area contributed by atoms with Crippen LogP contribution in [-0.4, -0.2) is 11.9 Å². The maximum Gasteiger partial charge on any atom is 0.243 e. The molecule has 0 aliphatic carbocycles. The van der Waals surface area contributed by atoms with Gasteiger partial charge in [-0.3, -0.25) is 4.79 Å². The molecule has 0 bridgehead atoms. The molecule has 0 aromatic heterocycles. The van der Waals surface area contributed by atoms with Gasteiger partial charge in [0.05, 0.1) is 0 Å². The molecule has 12 heavy (non-hydrogen) atoms. The summed E-state index contributed by atoms with van der Waals surface area (Å²) in [4.78, 5) is 11.1. The molecular weight excluding hydrogens is 150 g/mol. The van der Waals surface area contributed by atoms with Crippen LogP contribution in [0.25, 0.3) is 0 Å². The fraction of sp³-hybridized carbons (Fsp3) is 0.700. The molecule has 2 heteroatoms. The molecule has 1 amide bonds. The summed E-state index contributed by atoms with van der Waals surface area (Å²) >= 11 is 0. The molecule has 0 radical (unpaired) electrons. The van der Waals surface area contributed by atoms with E-state index in [1.54, 1.807) is 6.08 Å². The molecule has 1 N–H and O–H groups in total. The third kappa shape index (κ3) is 5.96. The van der Waals surface area contributed by atoms with Gasteiger partial charge in [-0.15, -0.1) is 0 Å². The van der Waals surface area contributed by atoms with Gasteiger partial charge in [0.1, 0.15) is 0 Å². The molecule has 2 nitrogen and oxygen atoms in total. The summed E-state index contributed by atoms with van der Waals surface area (Å²) in [7, 11) is 0. The molecule has 70 valence electrons. The van der Waals surface area contributed by atoms with Crippen molar-refractivity contribution in [3.05, 3.63) is 12.2 Å². The van der Waals surface area contributed by atoms with Crippen molar-refractivity contribution in [2.24, 2.45) is 0 Å². The number of allylic oxidation sites excluding steroid dienone is 1. The molecule has 0 aliphatic rings. The van der Waals surface area contributed by atoms with Crippen molar-refractivity contribution in [2.45, 2.75) is 46.1 Å². The van der Waals surface area contributed by atoms with Crippen molar-refractivity contribution in [3.8, 4) is 0 Å². The van der Waals surface area contributed by atoms with E-state index in [0.29, 0.717) is 0 Å². The summed E-state index contributed by atoms with van der Waals surface area (Å²) in [5, 5.41) is 2.86. The molecular formula is C10H19NO. The molecule has 0 saturated heterocycles. The van der Waals surface area contributed by atoms with Crippen LogP contribution in [0.1, 0.15) is 40.0 Å². The lowest BCUT2D eigenvalue weighted by atomic mass is 10.2. The van der Waals surface area contributed by atoms with Crippen LogP contribution in [0.15, 0.2) is 12.2 Å². The fourth-order valence-corrected chi connectivity index (χ4v) is 0.750. The van der Waals surface area contributed by atoms with Crippen molar-refractivity contribution >= 4 is 5.91 Å². The molecule has 0 heterocycles. The van der Waals surface area contributed by atoms with Crippen LogP contribution in [0.3, 0.4) is 0 Å². The topological polar surface area (TPSA) is 29.1 Å². The number of unbranched alkanes of at least 4 members (excludes halogenated alkanes) is 1. The summed E-state index contributed by atoms with van der Waals surface area (Å²) in [6, 6.07) is 0.281. The number of carbonyl (C=O) groups is 1. The van der Waals surface area contributed by atoms with E-state index in [1.165, 1.54) is 0 Å². The van der Waals surface area contributed by atoms with Crippen LogP contribution in [0.2, 0.25) is 0 Å². The molecule has 0 fully saturated rings. The average molecular weight is 169 g/mol. The quantitative estimate of drug-likeness (QED) is 0.628. The number of rotatable bonds is 5. The zero-order valence-corrected chi connectivity index (χ0v) is 8.26. The van der Waals surface area contributed by atoms with Gasteiger partial charge < -0.3 is 5.32 Å². The van der Waals surface area contributed by atoms with E-state index >= 15 is 0 Å². The van der Waals surface area contributed by atoms with Crippen molar-refractivity contribution < 1.29 is 4.79 Å². The van der Waals surface area contributed by atoms with Gasteiger partial charge in [0.2, 0.25) is 5.91 Å². The monoisotopic (exact) mass is 169 g/mol. The molecule has 0 aliphatic heterocycles. The van der Waals surface area contributed by atoms with Gasteiger partial charge in [-0.05, 0) is 25.8 Å². The van der Waals surface area contributed by atoms with Gasteiger partial charge >= 0.3 is 0 Å². The molecule has 1 atom stereocenters. The van der Waals surface area contributed by atoms with Gasteiger partial charge in [0.15, 0.2) is 0 Å². The molecule has 0 aromatic carbocycles. The normalized spacial score (nSPS) is 13.2. The van der Waals surface area contributed by atoms with Crippen LogP contribution < -0.4 is 5.32 Å². The van der Waals surface area contributed by atoms with Crippen LogP contribution >= 0.6 is 0 Å². The van der Waals surface area contributed by atoms with Gasteiger partial charge in [-0.25, -0.2) is 0 Å². The fourth-order valence-electron chi connectivity index (χ4n) is 0.750. The summed E-state index contributed by atoms with van der Waals surface area (Å²) in [6.45, 7) is 6.16. The van der Waals surface area contributed by atoms with E-state index in [1.807, 2.05) is 13.0 Å². The largest absolute Gasteiger partial charge is 0.350 e. The van der Waals surface area contributed by atoms with Crippen molar-refractivity contribution in [2.75, 3.05) is 0 Å². The van der Waals surface area contributed by atoms with Crippen LogP contribution in [0.4, 0.5) is 0 Å². The SMILES string of the molecule is CCC/C=C/C(=O)NC(C)CC. The second-order valence-electron chi connectivity index (χ2n) is 3.01. The Labute approximate surface area is 75.0 Å². The Morgan fingerprint density at radius 3 is 2.67 bits per heavy atom. The Balaban J connectivity index is 3.58. The van der Waals surface area contributed by atoms with Crippen molar-refractivity contribution in [3.63, 3.8) is 0 Å². The first-order valence-electron chi connectivity index (χ1n) is 4.67. The van der Waals surface area contributed by atoms with E-state index in [4.69, 9.17) is 0 Å². The maximum absolute atomic E-state index is 11.1. The van der Waals surface area contributed by atoms with E-state index in [9.17, 15) is 4.79 Å². The summed E-state index contributed by atoms with van der Waals surface area (Å²) in [5.74, 6) is 0.0257. The average Bonchev–Trinajstić information content (AvgIpc) is 2.05. The predicted octanol–water partition coefficient (Wildman–Crippen LogP) is 2.26. The molecule has 0 aromatic rings. The second kappa shape index (κ2) is 6.89. The summed E-state index contributed by atoms with van der Waals surface area (Å²) in [6.07, 6.45) is 6.59. The Kier molecular flexibility index (Phi) is 6.44. The van der Waals surface area contributed by atoms with E-state index < -0.39 is 0 Å². The molecule has 1 unspecified atom stereocenters. The van der Waals surface area contributed by atoms with Gasteiger partial charge in [-0.2, -0.15) is 0 Å². The van der Waals surface area contributed by atoms with Crippen LogP contribution in [0.5, 0.6) is 0 Å². The number of hydrogen-bond acceptors (Lipinski definition) is 1. The Morgan fingerprint density at radius 2 is 2.17 bits per heavy atom. The molecule has 0 spiro atoms. The predicted molar refractivity (Wildman–Crippen MR) is 51.9 cm³/mol. The minimum absolute atomic E-state index is 0.0257. The third-order valence-electron chi connectivity index (χ3n) is 1.73. The number of amides is 1. The minimum Gasteiger partial charge on any atom is -0.350 e. The van der Waals surface area contributed by atoms with Crippen LogP contribution in [-0.2, 0) is 4.79 Å². The Bertz CT molecular complexity index is 152. The van der Waals surface area contributed by atoms with Gasteiger partial charge in [0.25, 0.3) is 0 Å². The van der Waals surface area contributed by atoms with Crippen LogP contribution in [0, 0.1) is 0 Å². The third-order valence-corrected chi connectivity index (χ3v) is 1.73. The van der Waals surface area contributed by atoms with E-state index in [0.717, 1.165) is 19.3 Å². The smallest absolute Gasteiger partial charge is 0.243 e. The highest BCUT2D eigenvalue weighted by atomic mass is 16.1. The first-order chi connectivity index (χ1) is 5.70. The van der Waals surface area contributed by atoms with E-state index in [-0.39, 0.29) is 11.9 Å². The maximum atomic E-state index is 11.1. The highest BCUT2D eigenvalue weighted by Crippen LogP contribution is 1.90. The summed E-state index contributed by atoms with van der Waals surface area (Å²) < 4.78 is 0. The Hall–Kier alpha value is -0.790. The first-order valence-corrected chi connectivity index (χ1v) is 4.67. The van der Waals surface area contributed by atoms with Crippen molar-refractivity contribution in [1.82, 2.24) is 5.32 Å². The van der Waals surface area contributed by atoms with Gasteiger partial charge in [0, 0.05) is 6.04 Å². The van der Waals surface area contributed by atoms with E-state index in [2.05, 4.69) is 19.2 Å².